The molecule has 0 aliphatic rings. The molecular formula is C10H12Cl2N2. The van der Waals surface area contributed by atoms with Crippen molar-refractivity contribution in [3.8, 4) is 0 Å². The second-order valence-corrected chi connectivity index (χ2v) is 2.72. The zero-order valence-electron chi connectivity index (χ0n) is 7.51. The van der Waals surface area contributed by atoms with Crippen molar-refractivity contribution in [1.82, 2.24) is 4.98 Å². The van der Waals surface area contributed by atoms with Gasteiger partial charge in [-0.25, -0.2) is 0 Å². The minimum absolute atomic E-state index is 0. The Morgan fingerprint density at radius 2 is 1.79 bits per heavy atom. The van der Waals surface area contributed by atoms with E-state index in [0.29, 0.717) is 6.54 Å². The van der Waals surface area contributed by atoms with E-state index in [4.69, 9.17) is 5.73 Å². The zero-order chi connectivity index (χ0) is 8.39. The Morgan fingerprint density at radius 1 is 1.07 bits per heavy atom. The lowest BCUT2D eigenvalue weighted by molar-refractivity contribution is 1.07. The van der Waals surface area contributed by atoms with Crippen molar-refractivity contribution < 1.29 is 0 Å². The topological polar surface area (TPSA) is 38.9 Å². The maximum atomic E-state index is 5.58. The first-order valence-electron chi connectivity index (χ1n) is 3.93. The van der Waals surface area contributed by atoms with Crippen LogP contribution < -0.4 is 5.73 Å². The molecule has 0 bridgehead atoms. The van der Waals surface area contributed by atoms with Gasteiger partial charge in [-0.1, -0.05) is 24.3 Å². The highest BCUT2D eigenvalue weighted by molar-refractivity contribution is 5.85. The summed E-state index contributed by atoms with van der Waals surface area (Å²) in [5, 5.41) is 2.36. The van der Waals surface area contributed by atoms with Crippen LogP contribution in [0.1, 0.15) is 5.56 Å². The fraction of sp³-hybridized carbons (Fsp3) is 0.100. The molecule has 0 saturated carbocycles. The minimum Gasteiger partial charge on any atom is -0.326 e. The molecule has 0 saturated heterocycles. The maximum Gasteiger partial charge on any atom is 0.0346 e. The summed E-state index contributed by atoms with van der Waals surface area (Å²) >= 11 is 0. The van der Waals surface area contributed by atoms with Gasteiger partial charge in [0, 0.05) is 24.3 Å². The molecule has 4 heteroatoms. The first kappa shape index (κ1) is 13.2. The average Bonchev–Trinajstić information content (AvgIpc) is 2.17. The molecule has 14 heavy (non-hydrogen) atoms. The Hall–Kier alpha value is -0.830. The van der Waals surface area contributed by atoms with Gasteiger partial charge in [0.1, 0.15) is 0 Å². The number of benzene rings is 1. The Labute approximate surface area is 95.3 Å². The second-order valence-electron chi connectivity index (χ2n) is 2.72. The first-order chi connectivity index (χ1) is 5.92. The largest absolute Gasteiger partial charge is 0.326 e. The number of nitrogens with zero attached hydrogens (tertiary/aromatic N) is 1. The highest BCUT2D eigenvalue weighted by Crippen LogP contribution is 2.15. The molecule has 2 nitrogen and oxygen atoms in total. The van der Waals surface area contributed by atoms with Gasteiger partial charge in [-0.05, 0) is 10.9 Å². The lowest BCUT2D eigenvalue weighted by atomic mass is 10.1. The second kappa shape index (κ2) is 5.81. The molecule has 1 aromatic carbocycles. The standard InChI is InChI=1S/C10H10N2.2ClH/c11-5-9-7-12-6-8-3-1-2-4-10(8)9;;/h1-4,6-7H,5,11H2;2*1H. The molecule has 2 rings (SSSR count). The number of rotatable bonds is 1. The van der Waals surface area contributed by atoms with E-state index in [0.717, 1.165) is 10.9 Å². The zero-order valence-corrected chi connectivity index (χ0v) is 9.15. The van der Waals surface area contributed by atoms with Crippen LogP contribution in [0, 0.1) is 0 Å². The molecule has 1 aromatic heterocycles. The Morgan fingerprint density at radius 3 is 2.50 bits per heavy atom. The van der Waals surface area contributed by atoms with Gasteiger partial charge in [0.2, 0.25) is 0 Å². The fourth-order valence-electron chi connectivity index (χ4n) is 1.34. The normalized spacial score (nSPS) is 8.93. The van der Waals surface area contributed by atoms with Crippen molar-refractivity contribution >= 4 is 35.6 Å². The number of hydrogen-bond acceptors (Lipinski definition) is 2. The lowest BCUT2D eigenvalue weighted by Crippen LogP contribution is -1.97. The van der Waals surface area contributed by atoms with Crippen LogP contribution in [0.2, 0.25) is 0 Å². The number of halogens is 2. The summed E-state index contributed by atoms with van der Waals surface area (Å²) in [5.74, 6) is 0. The maximum absolute atomic E-state index is 5.58. The third kappa shape index (κ3) is 2.35. The molecule has 0 aliphatic carbocycles. The van der Waals surface area contributed by atoms with E-state index in [1.807, 2.05) is 30.6 Å². The van der Waals surface area contributed by atoms with E-state index in [-0.39, 0.29) is 24.8 Å². The quantitative estimate of drug-likeness (QED) is 0.819. The van der Waals surface area contributed by atoms with Crippen molar-refractivity contribution in [3.05, 3.63) is 42.2 Å². The molecular weight excluding hydrogens is 219 g/mol. The summed E-state index contributed by atoms with van der Waals surface area (Å²) in [6.07, 6.45) is 3.68. The fourth-order valence-corrected chi connectivity index (χ4v) is 1.34. The lowest BCUT2D eigenvalue weighted by Gasteiger charge is -2.01. The van der Waals surface area contributed by atoms with E-state index in [9.17, 15) is 0 Å². The summed E-state index contributed by atoms with van der Waals surface area (Å²) in [6.45, 7) is 0.550. The average molecular weight is 231 g/mol. The van der Waals surface area contributed by atoms with Crippen molar-refractivity contribution in [3.63, 3.8) is 0 Å². The molecule has 0 aliphatic heterocycles. The van der Waals surface area contributed by atoms with Crippen LogP contribution in [0.3, 0.4) is 0 Å². The predicted octanol–water partition coefficient (Wildman–Crippen LogP) is 2.54. The van der Waals surface area contributed by atoms with E-state index >= 15 is 0 Å². The van der Waals surface area contributed by atoms with Gasteiger partial charge in [0.25, 0.3) is 0 Å². The van der Waals surface area contributed by atoms with Crippen molar-refractivity contribution in [1.29, 1.82) is 0 Å². The van der Waals surface area contributed by atoms with Crippen LogP contribution in [-0.2, 0) is 6.54 Å². The van der Waals surface area contributed by atoms with Gasteiger partial charge >= 0.3 is 0 Å². The van der Waals surface area contributed by atoms with E-state index < -0.39 is 0 Å². The van der Waals surface area contributed by atoms with Gasteiger partial charge in [-0.15, -0.1) is 24.8 Å². The molecule has 76 valence electrons. The predicted molar refractivity (Wildman–Crippen MR) is 64.1 cm³/mol. The SMILES string of the molecule is Cl.Cl.NCc1cncc2ccccc12. The molecule has 0 unspecified atom stereocenters. The molecule has 0 atom stereocenters. The molecule has 2 aromatic rings. The van der Waals surface area contributed by atoms with Gasteiger partial charge in [-0.3, -0.25) is 4.98 Å². The highest BCUT2D eigenvalue weighted by Gasteiger charge is 1.96. The summed E-state index contributed by atoms with van der Waals surface area (Å²) < 4.78 is 0. The van der Waals surface area contributed by atoms with Crippen molar-refractivity contribution in [2.24, 2.45) is 5.73 Å². The third-order valence-corrected chi connectivity index (χ3v) is 1.97. The molecule has 1 heterocycles. The Balaban J connectivity index is 0.000000845. The third-order valence-electron chi connectivity index (χ3n) is 1.97. The van der Waals surface area contributed by atoms with Crippen LogP contribution in [-0.4, -0.2) is 4.98 Å². The summed E-state index contributed by atoms with van der Waals surface area (Å²) in [5.41, 5.74) is 6.68. The Bertz CT molecular complexity index is 399. The van der Waals surface area contributed by atoms with Crippen LogP contribution in [0.25, 0.3) is 10.8 Å². The number of aromatic nitrogens is 1. The van der Waals surface area contributed by atoms with E-state index in [1.165, 1.54) is 5.39 Å². The van der Waals surface area contributed by atoms with Crippen molar-refractivity contribution in [2.75, 3.05) is 0 Å². The molecule has 2 N–H and O–H groups in total. The van der Waals surface area contributed by atoms with E-state index in [2.05, 4.69) is 11.1 Å². The van der Waals surface area contributed by atoms with Crippen LogP contribution in [0.15, 0.2) is 36.7 Å². The molecule has 0 radical (unpaired) electrons. The molecule has 0 spiro atoms. The number of pyridine rings is 1. The number of nitrogens with two attached hydrogens (primary N) is 1. The number of hydrogen-bond donors (Lipinski definition) is 1. The molecule has 0 amide bonds. The summed E-state index contributed by atoms with van der Waals surface area (Å²) in [4.78, 5) is 4.10. The van der Waals surface area contributed by atoms with E-state index in [1.54, 1.807) is 0 Å². The van der Waals surface area contributed by atoms with Gasteiger partial charge in [0.05, 0.1) is 0 Å². The van der Waals surface area contributed by atoms with Crippen LogP contribution in [0.5, 0.6) is 0 Å². The van der Waals surface area contributed by atoms with Gasteiger partial charge in [0.15, 0.2) is 0 Å². The molecule has 0 fully saturated rings. The smallest absolute Gasteiger partial charge is 0.0346 e. The minimum atomic E-state index is 0. The van der Waals surface area contributed by atoms with Crippen LogP contribution in [0.4, 0.5) is 0 Å². The first-order valence-corrected chi connectivity index (χ1v) is 3.93. The summed E-state index contributed by atoms with van der Waals surface area (Å²) in [6, 6.07) is 8.13. The highest BCUT2D eigenvalue weighted by atomic mass is 35.5. The van der Waals surface area contributed by atoms with Gasteiger partial charge < -0.3 is 5.73 Å². The summed E-state index contributed by atoms with van der Waals surface area (Å²) in [7, 11) is 0. The van der Waals surface area contributed by atoms with Crippen molar-refractivity contribution in [2.45, 2.75) is 6.54 Å². The monoisotopic (exact) mass is 230 g/mol. The Kier molecular flexibility index (Phi) is 5.46. The van der Waals surface area contributed by atoms with Crippen LogP contribution >= 0.6 is 24.8 Å². The number of fused-ring (bicyclic) bond motifs is 1. The van der Waals surface area contributed by atoms with Gasteiger partial charge in [-0.2, -0.15) is 0 Å².